The molecule has 4 bridgehead atoms. The second kappa shape index (κ2) is 4.51. The van der Waals surface area contributed by atoms with Crippen LogP contribution in [0.25, 0.3) is 17.0 Å². The monoisotopic (exact) mass is 335 g/mol. The molecule has 0 radical (unpaired) electrons. The molecule has 4 saturated carbocycles. The van der Waals surface area contributed by atoms with Crippen molar-refractivity contribution in [2.75, 3.05) is 11.9 Å². The lowest BCUT2D eigenvalue weighted by Crippen LogP contribution is -2.17. The SMILES string of the molecule is OC1C2CC3C1C3(CNc1ncnc3c1cnn3-c1ncccn1)C2. The molecule has 0 aliphatic heterocycles. The van der Waals surface area contributed by atoms with Crippen LogP contribution < -0.4 is 5.32 Å². The number of hydrogen-bond acceptors (Lipinski definition) is 7. The molecule has 4 aliphatic rings. The fourth-order valence-electron chi connectivity index (χ4n) is 5.41. The third-order valence-corrected chi connectivity index (χ3v) is 6.47. The Morgan fingerprint density at radius 2 is 2.12 bits per heavy atom. The summed E-state index contributed by atoms with van der Waals surface area (Å²) in [7, 11) is 0. The van der Waals surface area contributed by atoms with Crippen molar-refractivity contribution < 1.29 is 5.11 Å². The van der Waals surface area contributed by atoms with Crippen molar-refractivity contribution in [1.29, 1.82) is 0 Å². The van der Waals surface area contributed by atoms with E-state index in [4.69, 9.17) is 0 Å². The Hall–Kier alpha value is -2.61. The number of nitrogens with one attached hydrogen (secondary N) is 1. The largest absolute Gasteiger partial charge is 0.393 e. The summed E-state index contributed by atoms with van der Waals surface area (Å²) in [5.41, 5.74) is 0.962. The summed E-state index contributed by atoms with van der Waals surface area (Å²) in [6.07, 6.45) is 8.89. The zero-order valence-electron chi connectivity index (χ0n) is 13.4. The highest BCUT2D eigenvalue weighted by Gasteiger charge is 2.78. The first-order chi connectivity index (χ1) is 12.3. The van der Waals surface area contributed by atoms with E-state index >= 15 is 0 Å². The van der Waals surface area contributed by atoms with Gasteiger partial charge in [0.2, 0.25) is 0 Å². The van der Waals surface area contributed by atoms with Crippen molar-refractivity contribution in [2.45, 2.75) is 18.9 Å². The summed E-state index contributed by atoms with van der Waals surface area (Å²) >= 11 is 0. The standard InChI is InChI=1S/C17H17N7O/c25-13-9-4-11-12(13)17(11,5-9)7-20-14-10-6-23-24(15(10)22-8-21-14)16-18-2-1-3-19-16/h1-3,6,8-9,11-13,25H,4-5,7H2,(H,20,21,22). The lowest BCUT2D eigenvalue weighted by molar-refractivity contribution is 0.134. The van der Waals surface area contributed by atoms with Crippen LogP contribution in [0.5, 0.6) is 0 Å². The van der Waals surface area contributed by atoms with Crippen LogP contribution in [0.15, 0.2) is 31.0 Å². The highest BCUT2D eigenvalue weighted by molar-refractivity contribution is 5.86. The van der Waals surface area contributed by atoms with Crippen LogP contribution >= 0.6 is 0 Å². The molecule has 0 aromatic carbocycles. The van der Waals surface area contributed by atoms with E-state index in [1.54, 1.807) is 29.3 Å². The molecule has 25 heavy (non-hydrogen) atoms. The fraction of sp³-hybridized carbons (Fsp3) is 0.471. The maximum atomic E-state index is 10.2. The highest BCUT2D eigenvalue weighted by Crippen LogP contribution is 2.78. The number of aliphatic hydroxyl groups is 1. The van der Waals surface area contributed by atoms with Gasteiger partial charge in [-0.25, -0.2) is 19.9 Å². The van der Waals surface area contributed by atoms with Crippen LogP contribution in [-0.4, -0.2) is 47.5 Å². The maximum Gasteiger partial charge on any atom is 0.252 e. The molecule has 0 spiro atoms. The number of nitrogens with zero attached hydrogens (tertiary/aromatic N) is 6. The zero-order chi connectivity index (χ0) is 16.6. The van der Waals surface area contributed by atoms with E-state index in [0.717, 1.165) is 24.2 Å². The van der Waals surface area contributed by atoms with Crippen molar-refractivity contribution >= 4 is 16.9 Å². The first-order valence-corrected chi connectivity index (χ1v) is 8.66. The van der Waals surface area contributed by atoms with Gasteiger partial charge in [0.25, 0.3) is 5.95 Å². The van der Waals surface area contributed by atoms with Gasteiger partial charge in [0.05, 0.1) is 17.7 Å². The van der Waals surface area contributed by atoms with Gasteiger partial charge in [-0.3, -0.25) is 0 Å². The van der Waals surface area contributed by atoms with Gasteiger partial charge in [0, 0.05) is 18.9 Å². The molecule has 8 heteroatoms. The zero-order valence-corrected chi connectivity index (χ0v) is 13.4. The summed E-state index contributed by atoms with van der Waals surface area (Å²) in [6, 6.07) is 1.77. The average molecular weight is 335 g/mol. The summed E-state index contributed by atoms with van der Waals surface area (Å²) in [6.45, 7) is 0.856. The molecular formula is C17H17N7O. The number of anilines is 1. The van der Waals surface area contributed by atoms with Crippen LogP contribution in [0.2, 0.25) is 0 Å². The number of hydrogen-bond donors (Lipinski definition) is 2. The molecule has 3 heterocycles. The fourth-order valence-corrected chi connectivity index (χ4v) is 5.41. The predicted octanol–water partition coefficient (Wildman–Crippen LogP) is 1.03. The van der Waals surface area contributed by atoms with Crippen LogP contribution in [-0.2, 0) is 0 Å². The number of aliphatic hydroxyl groups excluding tert-OH is 1. The van der Waals surface area contributed by atoms with E-state index in [-0.39, 0.29) is 11.5 Å². The Balaban J connectivity index is 1.32. The van der Waals surface area contributed by atoms with Gasteiger partial charge in [-0.05, 0) is 42.1 Å². The van der Waals surface area contributed by atoms with Crippen LogP contribution in [0.4, 0.5) is 5.82 Å². The molecule has 5 unspecified atom stereocenters. The molecule has 5 atom stereocenters. The smallest absolute Gasteiger partial charge is 0.252 e. The van der Waals surface area contributed by atoms with Gasteiger partial charge < -0.3 is 10.4 Å². The van der Waals surface area contributed by atoms with Crippen molar-refractivity contribution in [1.82, 2.24) is 29.7 Å². The Morgan fingerprint density at radius 3 is 2.84 bits per heavy atom. The van der Waals surface area contributed by atoms with Gasteiger partial charge >= 0.3 is 0 Å². The molecule has 3 aromatic heterocycles. The van der Waals surface area contributed by atoms with Gasteiger partial charge in [0.1, 0.15) is 12.1 Å². The van der Waals surface area contributed by atoms with Crippen molar-refractivity contribution in [2.24, 2.45) is 23.2 Å². The Morgan fingerprint density at radius 1 is 1.24 bits per heavy atom. The summed E-state index contributed by atoms with van der Waals surface area (Å²) in [5, 5.41) is 19.0. The molecule has 4 fully saturated rings. The highest BCUT2D eigenvalue weighted by atomic mass is 16.3. The van der Waals surface area contributed by atoms with E-state index in [1.165, 1.54) is 12.7 Å². The van der Waals surface area contributed by atoms with Gasteiger partial charge in [-0.2, -0.15) is 9.78 Å². The van der Waals surface area contributed by atoms with Crippen molar-refractivity contribution in [3.05, 3.63) is 31.0 Å². The third-order valence-electron chi connectivity index (χ3n) is 6.47. The normalized spacial score (nSPS) is 34.6. The molecule has 4 aliphatic carbocycles. The quantitative estimate of drug-likeness (QED) is 0.734. The van der Waals surface area contributed by atoms with E-state index in [1.807, 2.05) is 0 Å². The molecule has 7 rings (SSSR count). The molecule has 8 nitrogen and oxygen atoms in total. The van der Waals surface area contributed by atoms with Gasteiger partial charge in [-0.1, -0.05) is 0 Å². The minimum absolute atomic E-state index is 0.0878. The van der Waals surface area contributed by atoms with Crippen LogP contribution in [0, 0.1) is 23.2 Å². The minimum atomic E-state index is -0.0878. The van der Waals surface area contributed by atoms with Crippen molar-refractivity contribution in [3.8, 4) is 5.95 Å². The van der Waals surface area contributed by atoms with Gasteiger partial charge in [-0.15, -0.1) is 0 Å². The topological polar surface area (TPSA) is 102 Å². The summed E-state index contributed by atoms with van der Waals surface area (Å²) in [5.74, 6) is 2.97. The number of fused-ring (bicyclic) bond motifs is 1. The third kappa shape index (κ3) is 1.67. The first kappa shape index (κ1) is 13.7. The molecule has 0 amide bonds. The Labute approximate surface area is 143 Å². The van der Waals surface area contributed by atoms with E-state index in [2.05, 4.69) is 30.4 Å². The van der Waals surface area contributed by atoms with Crippen LogP contribution in [0.1, 0.15) is 12.8 Å². The predicted molar refractivity (Wildman–Crippen MR) is 88.9 cm³/mol. The molecule has 3 aromatic rings. The van der Waals surface area contributed by atoms with E-state index < -0.39 is 0 Å². The lowest BCUT2D eigenvalue weighted by Gasteiger charge is -2.13. The summed E-state index contributed by atoms with van der Waals surface area (Å²) < 4.78 is 1.62. The molecular weight excluding hydrogens is 318 g/mol. The molecule has 2 N–H and O–H groups in total. The lowest BCUT2D eigenvalue weighted by atomic mass is 10.0. The average Bonchev–Trinajstić information content (AvgIpc) is 3.12. The number of aromatic nitrogens is 6. The maximum absolute atomic E-state index is 10.2. The number of rotatable bonds is 4. The van der Waals surface area contributed by atoms with Gasteiger partial charge in [0.15, 0.2) is 5.65 Å². The minimum Gasteiger partial charge on any atom is -0.393 e. The Kier molecular flexibility index (Phi) is 2.47. The van der Waals surface area contributed by atoms with Crippen molar-refractivity contribution in [3.63, 3.8) is 0 Å². The van der Waals surface area contributed by atoms with E-state index in [9.17, 15) is 5.11 Å². The van der Waals surface area contributed by atoms with Crippen LogP contribution in [0.3, 0.4) is 0 Å². The first-order valence-electron chi connectivity index (χ1n) is 8.66. The second-order valence-corrected chi connectivity index (χ2v) is 7.47. The summed E-state index contributed by atoms with van der Waals surface area (Å²) in [4.78, 5) is 17.2. The molecule has 0 saturated heterocycles. The molecule has 126 valence electrons. The van der Waals surface area contributed by atoms with E-state index in [0.29, 0.717) is 29.3 Å². The second-order valence-electron chi connectivity index (χ2n) is 7.47. The Bertz CT molecular complexity index is 974.